The van der Waals surface area contributed by atoms with Gasteiger partial charge in [0.05, 0.1) is 5.52 Å². The zero-order valence-electron chi connectivity index (χ0n) is 30.1. The van der Waals surface area contributed by atoms with Crippen LogP contribution < -0.4 is 0 Å². The molecular formula is C47H50N2. The highest BCUT2D eigenvalue weighted by molar-refractivity contribution is 5.99. The van der Waals surface area contributed by atoms with Crippen molar-refractivity contribution >= 4 is 34.3 Å². The number of nitrogens with zero attached hydrogens (tertiary/aromatic N) is 2. The first-order valence-electron chi connectivity index (χ1n) is 18.0. The fourth-order valence-corrected chi connectivity index (χ4v) is 6.69. The highest BCUT2D eigenvalue weighted by atomic mass is 15.0. The molecule has 49 heavy (non-hydrogen) atoms. The normalized spacial score (nSPS) is 16.2. The molecule has 4 aromatic carbocycles. The van der Waals surface area contributed by atoms with E-state index in [1.165, 1.54) is 72.5 Å². The summed E-state index contributed by atoms with van der Waals surface area (Å²) in [6.07, 6.45) is 17.0. The van der Waals surface area contributed by atoms with E-state index in [0.29, 0.717) is 0 Å². The summed E-state index contributed by atoms with van der Waals surface area (Å²) in [4.78, 5) is 4.57. The van der Waals surface area contributed by atoms with E-state index in [0.717, 1.165) is 25.7 Å². The zero-order valence-corrected chi connectivity index (χ0v) is 30.1. The van der Waals surface area contributed by atoms with Crippen molar-refractivity contribution in [2.45, 2.75) is 67.2 Å². The van der Waals surface area contributed by atoms with Crippen LogP contribution in [0.3, 0.4) is 0 Å². The predicted octanol–water partition coefficient (Wildman–Crippen LogP) is 13.2. The molecule has 0 unspecified atom stereocenters. The van der Waals surface area contributed by atoms with E-state index < -0.39 is 0 Å². The molecule has 0 radical (unpaired) electrons. The Bertz CT molecular complexity index is 2030. The molecule has 2 heterocycles. The molecule has 0 N–H and O–H groups in total. The van der Waals surface area contributed by atoms with Crippen LogP contribution in [0, 0.1) is 6.92 Å². The maximum absolute atomic E-state index is 4.57. The van der Waals surface area contributed by atoms with E-state index in [2.05, 4.69) is 151 Å². The minimum atomic E-state index is 1.02. The van der Waals surface area contributed by atoms with Crippen LogP contribution in [0.5, 0.6) is 0 Å². The van der Waals surface area contributed by atoms with Crippen molar-refractivity contribution in [3.63, 3.8) is 0 Å². The van der Waals surface area contributed by atoms with Crippen molar-refractivity contribution in [1.29, 1.82) is 0 Å². The quantitative estimate of drug-likeness (QED) is 0.186. The molecule has 2 heteroatoms. The smallest absolute Gasteiger partial charge is 0.0537 e. The topological polar surface area (TPSA) is 17.3 Å². The Hall–Kier alpha value is -5.21. The number of aromatic nitrogens is 1. The molecular weight excluding hydrogens is 593 g/mol. The highest BCUT2D eigenvalue weighted by Crippen LogP contribution is 2.39. The van der Waals surface area contributed by atoms with Gasteiger partial charge in [-0.15, -0.1) is 0 Å². The zero-order chi connectivity index (χ0) is 34.6. The Morgan fingerprint density at radius 3 is 1.84 bits per heavy atom. The van der Waals surface area contributed by atoms with Crippen LogP contribution in [0.4, 0.5) is 0 Å². The number of hydrogen-bond acceptors (Lipinski definition) is 1. The monoisotopic (exact) mass is 642 g/mol. The Labute approximate surface area is 294 Å². The minimum absolute atomic E-state index is 1.02. The summed E-state index contributed by atoms with van der Waals surface area (Å²) < 4.78 is 2.45. The number of fused-ring (bicyclic) bond motifs is 3. The lowest BCUT2D eigenvalue weighted by Crippen LogP contribution is -2.05. The molecule has 5 aromatic rings. The molecule has 0 saturated heterocycles. The Morgan fingerprint density at radius 2 is 1.18 bits per heavy atom. The fraction of sp³-hybridized carbons (Fsp3) is 0.213. The maximum atomic E-state index is 4.57. The molecule has 0 amide bonds. The Morgan fingerprint density at radius 1 is 0.592 bits per heavy atom. The molecule has 0 bridgehead atoms. The summed E-state index contributed by atoms with van der Waals surface area (Å²) in [5.74, 6) is 0. The van der Waals surface area contributed by atoms with Crippen molar-refractivity contribution in [3.8, 4) is 5.69 Å². The van der Waals surface area contributed by atoms with E-state index in [9.17, 15) is 0 Å². The minimum Gasteiger partial charge on any atom is -0.313 e. The summed E-state index contributed by atoms with van der Waals surface area (Å²) in [6.45, 7) is 12.3. The van der Waals surface area contributed by atoms with Crippen LogP contribution in [0.15, 0.2) is 155 Å². The molecule has 0 saturated carbocycles. The highest BCUT2D eigenvalue weighted by Gasteiger charge is 2.21. The third kappa shape index (κ3) is 8.09. The second-order valence-electron chi connectivity index (χ2n) is 12.0. The molecule has 2 aliphatic carbocycles. The van der Waals surface area contributed by atoms with Gasteiger partial charge in [0.1, 0.15) is 0 Å². The van der Waals surface area contributed by atoms with Gasteiger partial charge in [-0.2, -0.15) is 0 Å². The van der Waals surface area contributed by atoms with Crippen molar-refractivity contribution in [2.75, 3.05) is 0 Å². The van der Waals surface area contributed by atoms with Gasteiger partial charge in [0.25, 0.3) is 0 Å². The lowest BCUT2D eigenvalue weighted by Gasteiger charge is -2.19. The van der Waals surface area contributed by atoms with Crippen LogP contribution >= 0.6 is 0 Å². The van der Waals surface area contributed by atoms with E-state index in [1.807, 2.05) is 46.1 Å². The number of aliphatic imine (C=N–C) groups is 1. The van der Waals surface area contributed by atoms with Gasteiger partial charge in [-0.1, -0.05) is 130 Å². The number of aryl methyl sites for hydroxylation is 1. The SMILES string of the molecule is C/C1=C\C=C/C=NC2=C1C=C(c1ccccc1)CC2.CC.CC.Cc1ccc2c(c1)c1c(n2-c2ccccc2)CCC(c2ccccc2)=C1. The summed E-state index contributed by atoms with van der Waals surface area (Å²) in [7, 11) is 0. The third-order valence-corrected chi connectivity index (χ3v) is 8.98. The molecule has 0 fully saturated rings. The number of benzene rings is 4. The van der Waals surface area contributed by atoms with Crippen molar-refractivity contribution in [3.05, 3.63) is 178 Å². The maximum Gasteiger partial charge on any atom is 0.0537 e. The van der Waals surface area contributed by atoms with Gasteiger partial charge >= 0.3 is 0 Å². The lowest BCUT2D eigenvalue weighted by atomic mass is 9.88. The molecule has 3 aliphatic rings. The largest absolute Gasteiger partial charge is 0.313 e. The van der Waals surface area contributed by atoms with E-state index >= 15 is 0 Å². The van der Waals surface area contributed by atoms with E-state index in [1.54, 1.807) is 0 Å². The fourth-order valence-electron chi connectivity index (χ4n) is 6.69. The van der Waals surface area contributed by atoms with Gasteiger partial charge in [-0.25, -0.2) is 0 Å². The molecule has 1 aromatic heterocycles. The standard InChI is InChI=1S/C25H21N.C18H17N.2C2H6/c1-18-12-14-24-22(16-18)23-17-20(19-8-4-2-5-9-19)13-15-25(23)26(24)21-10-6-3-7-11-21;1-14-7-5-6-12-19-18-11-10-16(13-17(14)18)15-8-3-2-4-9-15;2*1-2/h2-12,14,16-17H,13,15H2,1H3;2-9,12-13H,10-11H2,1H3;2*1-2H3/b;6-5-,7-5?,12-6?,14-7+,17-14?,19-12?,19-18?;;. The molecule has 2 nitrogen and oxygen atoms in total. The van der Waals surface area contributed by atoms with E-state index in [-0.39, 0.29) is 0 Å². The van der Waals surface area contributed by atoms with Crippen molar-refractivity contribution < 1.29 is 0 Å². The number of para-hydroxylation sites is 1. The Kier molecular flexibility index (Phi) is 12.4. The van der Waals surface area contributed by atoms with Crippen LogP contribution in [-0.4, -0.2) is 10.8 Å². The van der Waals surface area contributed by atoms with Gasteiger partial charge in [-0.05, 0) is 115 Å². The van der Waals surface area contributed by atoms with Gasteiger partial charge < -0.3 is 4.57 Å². The lowest BCUT2D eigenvalue weighted by molar-refractivity contribution is 0.898. The summed E-state index contributed by atoms with van der Waals surface area (Å²) >= 11 is 0. The first-order valence-corrected chi connectivity index (χ1v) is 18.0. The van der Waals surface area contributed by atoms with E-state index in [4.69, 9.17) is 0 Å². The molecule has 0 atom stereocenters. The molecule has 0 spiro atoms. The summed E-state index contributed by atoms with van der Waals surface area (Å²) in [5, 5.41) is 1.36. The molecule has 8 rings (SSSR count). The van der Waals surface area contributed by atoms with Gasteiger partial charge in [0.2, 0.25) is 0 Å². The predicted molar refractivity (Wildman–Crippen MR) is 215 cm³/mol. The average molecular weight is 643 g/mol. The van der Waals surface area contributed by atoms with Crippen LogP contribution in [0.1, 0.15) is 81.8 Å². The Balaban J connectivity index is 0.000000181. The average Bonchev–Trinajstić information content (AvgIpc) is 3.49. The van der Waals surface area contributed by atoms with Crippen LogP contribution in [-0.2, 0) is 6.42 Å². The van der Waals surface area contributed by atoms with Crippen molar-refractivity contribution in [1.82, 2.24) is 4.57 Å². The van der Waals surface area contributed by atoms with Crippen LogP contribution in [0.2, 0.25) is 0 Å². The molecule has 248 valence electrons. The van der Waals surface area contributed by atoms with Gasteiger partial charge in [0.15, 0.2) is 0 Å². The van der Waals surface area contributed by atoms with Crippen molar-refractivity contribution in [2.24, 2.45) is 4.99 Å². The van der Waals surface area contributed by atoms with Gasteiger partial charge in [0, 0.05) is 34.2 Å². The second kappa shape index (κ2) is 17.3. The first-order chi connectivity index (χ1) is 24.2. The summed E-state index contributed by atoms with van der Waals surface area (Å²) in [5.41, 5.74) is 16.0. The number of allylic oxidation sites excluding steroid dienone is 9. The van der Waals surface area contributed by atoms with Crippen LogP contribution in [0.25, 0.3) is 33.8 Å². The first kappa shape index (κ1) is 35.1. The van der Waals surface area contributed by atoms with Gasteiger partial charge in [-0.3, -0.25) is 4.99 Å². The molecule has 1 aliphatic heterocycles. The summed E-state index contributed by atoms with van der Waals surface area (Å²) in [6, 6.07) is 39.0. The second-order valence-corrected chi connectivity index (χ2v) is 12.0. The number of hydrogen-bond donors (Lipinski definition) is 0. The third-order valence-electron chi connectivity index (χ3n) is 8.98. The number of rotatable bonds is 3.